The Labute approximate surface area is 106 Å². The molecule has 0 bridgehead atoms. The third-order valence-corrected chi connectivity index (χ3v) is 2.55. The molecule has 1 aromatic carbocycles. The number of aliphatic carboxylic acids is 1. The number of carboxylic acid groups (broad SMARTS) is 1. The molecular formula is C13H17NO4. The Balaban J connectivity index is 3.16. The van der Waals surface area contributed by atoms with Crippen LogP contribution in [-0.2, 0) is 4.79 Å². The van der Waals surface area contributed by atoms with Gasteiger partial charge in [0.2, 0.25) is 0 Å². The average molecular weight is 251 g/mol. The van der Waals surface area contributed by atoms with Crippen LogP contribution in [0.25, 0.3) is 0 Å². The monoisotopic (exact) mass is 251 g/mol. The van der Waals surface area contributed by atoms with Gasteiger partial charge in [-0.15, -0.1) is 0 Å². The van der Waals surface area contributed by atoms with Gasteiger partial charge in [-0.1, -0.05) is 6.08 Å². The number of nitrogens with two attached hydrogens (primary N) is 1. The predicted octanol–water partition coefficient (Wildman–Crippen LogP) is 1.65. The third-order valence-electron chi connectivity index (χ3n) is 2.55. The van der Waals surface area contributed by atoms with Crippen molar-refractivity contribution >= 4 is 5.97 Å². The maximum absolute atomic E-state index is 10.5. The zero-order valence-corrected chi connectivity index (χ0v) is 10.6. The van der Waals surface area contributed by atoms with Crippen LogP contribution in [0, 0.1) is 6.92 Å². The van der Waals surface area contributed by atoms with Gasteiger partial charge < -0.3 is 20.3 Å². The number of carbonyl (C=O) groups is 1. The van der Waals surface area contributed by atoms with E-state index in [0.717, 1.165) is 11.6 Å². The zero-order valence-electron chi connectivity index (χ0n) is 10.6. The van der Waals surface area contributed by atoms with E-state index >= 15 is 0 Å². The summed E-state index contributed by atoms with van der Waals surface area (Å²) in [6, 6.07) is 3.00. The highest BCUT2D eigenvalue weighted by molar-refractivity contribution is 5.79. The molecule has 0 saturated heterocycles. The topological polar surface area (TPSA) is 81.8 Å². The molecule has 5 nitrogen and oxygen atoms in total. The number of rotatable bonds is 5. The summed E-state index contributed by atoms with van der Waals surface area (Å²) in [5, 5.41) is 8.58. The number of carboxylic acids is 1. The van der Waals surface area contributed by atoms with Crippen molar-refractivity contribution in [3.05, 3.63) is 35.4 Å². The van der Waals surface area contributed by atoms with Crippen molar-refractivity contribution in [3.8, 4) is 11.5 Å². The molecule has 1 aromatic rings. The summed E-state index contributed by atoms with van der Waals surface area (Å²) in [4.78, 5) is 10.5. The Kier molecular flexibility index (Phi) is 4.74. The summed E-state index contributed by atoms with van der Waals surface area (Å²) in [7, 11) is 3.11. The van der Waals surface area contributed by atoms with Gasteiger partial charge in [0, 0.05) is 11.6 Å². The van der Waals surface area contributed by atoms with E-state index in [1.165, 1.54) is 6.08 Å². The fourth-order valence-corrected chi connectivity index (χ4v) is 1.62. The van der Waals surface area contributed by atoms with E-state index in [9.17, 15) is 4.79 Å². The fraction of sp³-hybridized carbons (Fsp3) is 0.308. The van der Waals surface area contributed by atoms with Gasteiger partial charge in [-0.05, 0) is 24.6 Å². The molecule has 1 rings (SSSR count). The predicted molar refractivity (Wildman–Crippen MR) is 68.0 cm³/mol. The van der Waals surface area contributed by atoms with Gasteiger partial charge >= 0.3 is 5.97 Å². The van der Waals surface area contributed by atoms with Crippen molar-refractivity contribution in [2.45, 2.75) is 13.0 Å². The van der Waals surface area contributed by atoms with Gasteiger partial charge in [-0.25, -0.2) is 4.79 Å². The van der Waals surface area contributed by atoms with Crippen molar-refractivity contribution in [3.63, 3.8) is 0 Å². The SMILES string of the molecule is COc1cc(C(N)/C=C/C(=O)O)c(OC)cc1C. The average Bonchev–Trinajstić information content (AvgIpc) is 2.35. The minimum Gasteiger partial charge on any atom is -0.496 e. The number of ether oxygens (including phenoxy) is 2. The summed E-state index contributed by atoms with van der Waals surface area (Å²) in [5.74, 6) is 0.254. The van der Waals surface area contributed by atoms with E-state index in [0.29, 0.717) is 17.1 Å². The second kappa shape index (κ2) is 6.07. The van der Waals surface area contributed by atoms with E-state index in [1.807, 2.05) is 13.0 Å². The number of methoxy groups -OCH3 is 2. The second-order valence-electron chi connectivity index (χ2n) is 3.79. The first-order valence-electron chi connectivity index (χ1n) is 5.38. The standard InChI is InChI=1S/C13H17NO4/c1-8-6-12(18-3)9(7-11(8)17-2)10(14)4-5-13(15)16/h4-7,10H,14H2,1-3H3,(H,15,16)/b5-4+. The minimum absolute atomic E-state index is 0.564. The molecule has 1 unspecified atom stereocenters. The normalized spacial score (nSPS) is 12.4. The maximum atomic E-state index is 10.5. The molecule has 18 heavy (non-hydrogen) atoms. The zero-order chi connectivity index (χ0) is 13.7. The Morgan fingerprint density at radius 1 is 1.33 bits per heavy atom. The van der Waals surface area contributed by atoms with Crippen LogP contribution in [0.4, 0.5) is 0 Å². The minimum atomic E-state index is -1.04. The molecule has 0 heterocycles. The first-order valence-corrected chi connectivity index (χ1v) is 5.38. The largest absolute Gasteiger partial charge is 0.496 e. The first kappa shape index (κ1) is 14.1. The van der Waals surface area contributed by atoms with E-state index in [2.05, 4.69) is 0 Å². The van der Waals surface area contributed by atoms with Crippen molar-refractivity contribution in [1.82, 2.24) is 0 Å². The molecular weight excluding hydrogens is 234 g/mol. The quantitative estimate of drug-likeness (QED) is 0.778. The lowest BCUT2D eigenvalue weighted by molar-refractivity contribution is -0.131. The molecule has 0 radical (unpaired) electrons. The number of benzene rings is 1. The lowest BCUT2D eigenvalue weighted by atomic mass is 10.0. The van der Waals surface area contributed by atoms with Crippen LogP contribution in [0.2, 0.25) is 0 Å². The third kappa shape index (κ3) is 3.24. The Morgan fingerprint density at radius 3 is 2.44 bits per heavy atom. The Morgan fingerprint density at radius 2 is 1.94 bits per heavy atom. The van der Waals surface area contributed by atoms with Crippen molar-refractivity contribution < 1.29 is 19.4 Å². The molecule has 0 aromatic heterocycles. The second-order valence-corrected chi connectivity index (χ2v) is 3.79. The molecule has 0 aliphatic rings. The molecule has 3 N–H and O–H groups in total. The van der Waals surface area contributed by atoms with E-state index < -0.39 is 12.0 Å². The molecule has 1 atom stereocenters. The van der Waals surface area contributed by atoms with E-state index in [4.69, 9.17) is 20.3 Å². The van der Waals surface area contributed by atoms with Crippen LogP contribution in [0.5, 0.6) is 11.5 Å². The van der Waals surface area contributed by atoms with Crippen LogP contribution >= 0.6 is 0 Å². The van der Waals surface area contributed by atoms with Crippen LogP contribution in [0.15, 0.2) is 24.3 Å². The highest BCUT2D eigenvalue weighted by Crippen LogP contribution is 2.31. The molecule has 0 amide bonds. The fourth-order valence-electron chi connectivity index (χ4n) is 1.62. The summed E-state index contributed by atoms with van der Waals surface area (Å²) in [6.07, 6.45) is 2.41. The first-order chi connectivity index (χ1) is 8.49. The van der Waals surface area contributed by atoms with Gasteiger partial charge in [-0.2, -0.15) is 0 Å². The molecule has 0 saturated carbocycles. The van der Waals surface area contributed by atoms with E-state index in [1.54, 1.807) is 20.3 Å². The van der Waals surface area contributed by atoms with Gasteiger partial charge in [0.15, 0.2) is 0 Å². The van der Waals surface area contributed by atoms with Gasteiger partial charge in [-0.3, -0.25) is 0 Å². The smallest absolute Gasteiger partial charge is 0.328 e. The van der Waals surface area contributed by atoms with Crippen molar-refractivity contribution in [1.29, 1.82) is 0 Å². The molecule has 0 aliphatic heterocycles. The van der Waals surface area contributed by atoms with Gasteiger partial charge in [0.1, 0.15) is 11.5 Å². The lowest BCUT2D eigenvalue weighted by Gasteiger charge is -2.15. The molecule has 0 spiro atoms. The van der Waals surface area contributed by atoms with Crippen LogP contribution in [0.1, 0.15) is 17.2 Å². The van der Waals surface area contributed by atoms with Gasteiger partial charge in [0.25, 0.3) is 0 Å². The van der Waals surface area contributed by atoms with E-state index in [-0.39, 0.29) is 0 Å². The van der Waals surface area contributed by atoms with Gasteiger partial charge in [0.05, 0.1) is 20.3 Å². The molecule has 0 aliphatic carbocycles. The molecule has 5 heteroatoms. The van der Waals surface area contributed by atoms with Crippen LogP contribution in [0.3, 0.4) is 0 Å². The summed E-state index contributed by atoms with van der Waals surface area (Å²) in [5.41, 5.74) is 7.51. The highest BCUT2D eigenvalue weighted by atomic mass is 16.5. The van der Waals surface area contributed by atoms with Crippen LogP contribution in [-0.4, -0.2) is 25.3 Å². The number of aryl methyl sites for hydroxylation is 1. The Hall–Kier alpha value is -2.01. The number of hydrogen-bond donors (Lipinski definition) is 2. The van der Waals surface area contributed by atoms with Crippen molar-refractivity contribution in [2.75, 3.05) is 14.2 Å². The van der Waals surface area contributed by atoms with Crippen molar-refractivity contribution in [2.24, 2.45) is 5.73 Å². The molecule has 98 valence electrons. The summed E-state index contributed by atoms with van der Waals surface area (Å²) < 4.78 is 10.4. The molecule has 0 fully saturated rings. The highest BCUT2D eigenvalue weighted by Gasteiger charge is 2.13. The summed E-state index contributed by atoms with van der Waals surface area (Å²) in [6.45, 7) is 1.89. The van der Waals surface area contributed by atoms with Crippen LogP contribution < -0.4 is 15.2 Å². The lowest BCUT2D eigenvalue weighted by Crippen LogP contribution is -2.10. The summed E-state index contributed by atoms with van der Waals surface area (Å²) >= 11 is 0. The Bertz CT molecular complexity index is 468. The number of hydrogen-bond acceptors (Lipinski definition) is 4. The maximum Gasteiger partial charge on any atom is 0.328 e.